The summed E-state index contributed by atoms with van der Waals surface area (Å²) in [6, 6.07) is 10.5. The van der Waals surface area contributed by atoms with Crippen molar-refractivity contribution in [2.75, 3.05) is 13.6 Å². The molecule has 0 aliphatic rings. The van der Waals surface area contributed by atoms with Crippen LogP contribution in [0.5, 0.6) is 0 Å². The van der Waals surface area contributed by atoms with Gasteiger partial charge in [0.05, 0.1) is 6.10 Å². The molecule has 0 aliphatic carbocycles. The van der Waals surface area contributed by atoms with Crippen molar-refractivity contribution in [3.63, 3.8) is 0 Å². The number of hydrogen-bond acceptors (Lipinski definition) is 2. The van der Waals surface area contributed by atoms with Gasteiger partial charge in [0.1, 0.15) is 0 Å². The second-order valence-corrected chi connectivity index (χ2v) is 5.87. The Balaban J connectivity index is 2.06. The zero-order valence-electron chi connectivity index (χ0n) is 13.2. The SMILES string of the molecule is CCCCCCCC(O)CCN(C)Cc1ccccc1. The Morgan fingerprint density at radius 1 is 1.00 bits per heavy atom. The van der Waals surface area contributed by atoms with Crippen molar-refractivity contribution in [1.29, 1.82) is 0 Å². The summed E-state index contributed by atoms with van der Waals surface area (Å²) in [4.78, 5) is 2.29. The van der Waals surface area contributed by atoms with E-state index in [0.29, 0.717) is 0 Å². The lowest BCUT2D eigenvalue weighted by Crippen LogP contribution is -2.23. The minimum absolute atomic E-state index is 0.130. The first-order valence-corrected chi connectivity index (χ1v) is 8.13. The zero-order chi connectivity index (χ0) is 14.6. The average molecular weight is 277 g/mol. The van der Waals surface area contributed by atoms with Crippen molar-refractivity contribution in [3.05, 3.63) is 35.9 Å². The van der Waals surface area contributed by atoms with Gasteiger partial charge in [-0.05, 0) is 25.5 Å². The van der Waals surface area contributed by atoms with Crippen LogP contribution < -0.4 is 0 Å². The first-order valence-electron chi connectivity index (χ1n) is 8.13. The molecule has 0 radical (unpaired) electrons. The maximum absolute atomic E-state index is 9.99. The van der Waals surface area contributed by atoms with Gasteiger partial charge in [-0.3, -0.25) is 0 Å². The number of hydrogen-bond donors (Lipinski definition) is 1. The molecule has 0 saturated heterocycles. The van der Waals surface area contributed by atoms with Gasteiger partial charge in [0, 0.05) is 13.1 Å². The Hall–Kier alpha value is -0.860. The Kier molecular flexibility index (Phi) is 9.35. The molecular formula is C18H31NO. The molecule has 1 aromatic rings. The van der Waals surface area contributed by atoms with Crippen LogP contribution in [0.2, 0.25) is 0 Å². The lowest BCUT2D eigenvalue weighted by atomic mass is 10.1. The molecule has 1 rings (SSSR count). The fourth-order valence-electron chi connectivity index (χ4n) is 2.47. The van der Waals surface area contributed by atoms with Crippen LogP contribution in [0, 0.1) is 0 Å². The van der Waals surface area contributed by atoms with E-state index in [-0.39, 0.29) is 6.10 Å². The molecule has 0 spiro atoms. The van der Waals surface area contributed by atoms with E-state index in [2.05, 4.69) is 43.1 Å². The van der Waals surface area contributed by atoms with Crippen molar-refractivity contribution in [3.8, 4) is 0 Å². The second kappa shape index (κ2) is 10.9. The van der Waals surface area contributed by atoms with E-state index in [1.54, 1.807) is 0 Å². The van der Waals surface area contributed by atoms with E-state index < -0.39 is 0 Å². The third-order valence-corrected chi connectivity index (χ3v) is 3.78. The van der Waals surface area contributed by atoms with Crippen LogP contribution in [-0.4, -0.2) is 29.7 Å². The first-order chi connectivity index (χ1) is 9.72. The fourth-order valence-corrected chi connectivity index (χ4v) is 2.47. The normalized spacial score (nSPS) is 12.8. The minimum atomic E-state index is -0.130. The molecule has 2 heteroatoms. The average Bonchev–Trinajstić information content (AvgIpc) is 2.46. The van der Waals surface area contributed by atoms with Gasteiger partial charge in [-0.15, -0.1) is 0 Å². The van der Waals surface area contributed by atoms with Crippen molar-refractivity contribution >= 4 is 0 Å². The van der Waals surface area contributed by atoms with Crippen LogP contribution in [0.15, 0.2) is 30.3 Å². The van der Waals surface area contributed by atoms with Gasteiger partial charge in [-0.2, -0.15) is 0 Å². The summed E-state index contributed by atoms with van der Waals surface area (Å²) in [6.45, 7) is 4.16. The van der Waals surface area contributed by atoms with Crippen LogP contribution in [0.3, 0.4) is 0 Å². The third-order valence-electron chi connectivity index (χ3n) is 3.78. The van der Waals surface area contributed by atoms with Gasteiger partial charge >= 0.3 is 0 Å². The number of aliphatic hydroxyl groups excluding tert-OH is 1. The van der Waals surface area contributed by atoms with Crippen LogP contribution in [0.4, 0.5) is 0 Å². The topological polar surface area (TPSA) is 23.5 Å². The molecule has 0 heterocycles. The smallest absolute Gasteiger partial charge is 0.0552 e. The molecular weight excluding hydrogens is 246 g/mol. The summed E-state index contributed by atoms with van der Waals surface area (Å²) in [6.07, 6.45) is 8.09. The van der Waals surface area contributed by atoms with Crippen LogP contribution >= 0.6 is 0 Å². The highest BCUT2D eigenvalue weighted by atomic mass is 16.3. The van der Waals surface area contributed by atoms with E-state index in [0.717, 1.165) is 25.9 Å². The maximum atomic E-state index is 9.99. The summed E-state index contributed by atoms with van der Waals surface area (Å²) in [5.74, 6) is 0. The standard InChI is InChI=1S/C18H31NO/c1-3-4-5-6-10-13-18(20)14-15-19(2)16-17-11-8-7-9-12-17/h7-9,11-12,18,20H,3-6,10,13-16H2,1-2H3. The predicted molar refractivity (Wildman–Crippen MR) is 86.8 cm³/mol. The van der Waals surface area contributed by atoms with Gasteiger partial charge in [-0.25, -0.2) is 0 Å². The number of rotatable bonds is 11. The third kappa shape index (κ3) is 8.34. The molecule has 1 unspecified atom stereocenters. The van der Waals surface area contributed by atoms with E-state index in [1.165, 1.54) is 37.7 Å². The largest absolute Gasteiger partial charge is 0.393 e. The molecule has 0 bridgehead atoms. The molecule has 0 fully saturated rings. The molecule has 20 heavy (non-hydrogen) atoms. The Morgan fingerprint density at radius 3 is 2.40 bits per heavy atom. The van der Waals surface area contributed by atoms with Crippen molar-refractivity contribution < 1.29 is 5.11 Å². The molecule has 1 N–H and O–H groups in total. The van der Waals surface area contributed by atoms with Crippen molar-refractivity contribution in [1.82, 2.24) is 4.90 Å². The summed E-state index contributed by atoms with van der Waals surface area (Å²) in [7, 11) is 2.13. The summed E-state index contributed by atoms with van der Waals surface area (Å²) < 4.78 is 0. The van der Waals surface area contributed by atoms with Crippen molar-refractivity contribution in [2.24, 2.45) is 0 Å². The van der Waals surface area contributed by atoms with Gasteiger partial charge in [0.15, 0.2) is 0 Å². The molecule has 0 amide bonds. The van der Waals surface area contributed by atoms with Gasteiger partial charge in [0.2, 0.25) is 0 Å². The van der Waals surface area contributed by atoms with E-state index >= 15 is 0 Å². The zero-order valence-corrected chi connectivity index (χ0v) is 13.2. The second-order valence-electron chi connectivity index (χ2n) is 5.87. The Labute approximate surface area is 124 Å². The predicted octanol–water partition coefficient (Wildman–Crippen LogP) is 4.23. The Bertz CT molecular complexity index is 325. The highest BCUT2D eigenvalue weighted by molar-refractivity contribution is 5.14. The fraction of sp³-hybridized carbons (Fsp3) is 0.667. The number of aliphatic hydroxyl groups is 1. The number of nitrogens with zero attached hydrogens (tertiary/aromatic N) is 1. The van der Waals surface area contributed by atoms with Gasteiger partial charge in [0.25, 0.3) is 0 Å². The van der Waals surface area contributed by atoms with Crippen LogP contribution in [0.1, 0.15) is 57.4 Å². The summed E-state index contributed by atoms with van der Waals surface area (Å²) >= 11 is 0. The van der Waals surface area contributed by atoms with Gasteiger partial charge < -0.3 is 10.0 Å². The lowest BCUT2D eigenvalue weighted by molar-refractivity contribution is 0.134. The maximum Gasteiger partial charge on any atom is 0.0552 e. The molecule has 114 valence electrons. The minimum Gasteiger partial charge on any atom is -0.393 e. The molecule has 0 aliphatic heterocycles. The molecule has 1 aromatic carbocycles. The summed E-state index contributed by atoms with van der Waals surface area (Å²) in [5.41, 5.74) is 1.34. The van der Waals surface area contributed by atoms with Crippen molar-refractivity contribution in [2.45, 2.75) is 64.5 Å². The van der Waals surface area contributed by atoms with Gasteiger partial charge in [-0.1, -0.05) is 69.4 Å². The van der Waals surface area contributed by atoms with Crippen LogP contribution in [0.25, 0.3) is 0 Å². The van der Waals surface area contributed by atoms with Crippen LogP contribution in [-0.2, 0) is 6.54 Å². The number of unbranched alkanes of at least 4 members (excludes halogenated alkanes) is 4. The highest BCUT2D eigenvalue weighted by Gasteiger charge is 2.06. The molecule has 0 saturated carbocycles. The van der Waals surface area contributed by atoms with E-state index in [1.807, 2.05) is 6.07 Å². The summed E-state index contributed by atoms with van der Waals surface area (Å²) in [5, 5.41) is 9.99. The van der Waals surface area contributed by atoms with E-state index in [4.69, 9.17) is 0 Å². The monoisotopic (exact) mass is 277 g/mol. The lowest BCUT2D eigenvalue weighted by Gasteiger charge is -2.19. The number of benzene rings is 1. The first kappa shape index (κ1) is 17.2. The molecule has 1 atom stereocenters. The van der Waals surface area contributed by atoms with E-state index in [9.17, 15) is 5.11 Å². The molecule has 0 aromatic heterocycles. The molecule has 2 nitrogen and oxygen atoms in total. The highest BCUT2D eigenvalue weighted by Crippen LogP contribution is 2.10. The Morgan fingerprint density at radius 2 is 1.70 bits per heavy atom. The quantitative estimate of drug-likeness (QED) is 0.612.